The minimum absolute atomic E-state index is 0.178. The summed E-state index contributed by atoms with van der Waals surface area (Å²) in [4.78, 5) is 31.3. The van der Waals surface area contributed by atoms with E-state index < -0.39 is 6.04 Å². The molecule has 0 saturated heterocycles. The molecule has 2 aromatic heterocycles. The van der Waals surface area contributed by atoms with Gasteiger partial charge in [-0.15, -0.1) is 11.3 Å². The molecular weight excluding hydrogens is 322 g/mol. The molecule has 0 saturated carbocycles. The molecule has 1 atom stereocenters. The molecule has 3 rings (SSSR count). The molecule has 1 aromatic carbocycles. The second kappa shape index (κ2) is 6.57. The lowest BCUT2D eigenvalue weighted by molar-refractivity contribution is -0.118. The summed E-state index contributed by atoms with van der Waals surface area (Å²) in [5.41, 5.74) is 1.65. The first-order valence-electron chi connectivity index (χ1n) is 7.86. The lowest BCUT2D eigenvalue weighted by atomic mass is 10.2. The van der Waals surface area contributed by atoms with Crippen LogP contribution in [0.3, 0.4) is 0 Å². The van der Waals surface area contributed by atoms with Gasteiger partial charge in [-0.25, -0.2) is 4.98 Å². The van der Waals surface area contributed by atoms with E-state index in [1.54, 1.807) is 6.92 Å². The van der Waals surface area contributed by atoms with E-state index in [1.807, 2.05) is 44.2 Å². The van der Waals surface area contributed by atoms with Crippen molar-refractivity contribution in [2.75, 3.05) is 5.32 Å². The third-order valence-electron chi connectivity index (χ3n) is 3.99. The van der Waals surface area contributed by atoms with Gasteiger partial charge in [0.1, 0.15) is 10.9 Å². The summed E-state index contributed by atoms with van der Waals surface area (Å²) in [6.07, 6.45) is 2.32. The minimum Gasteiger partial charge on any atom is -0.324 e. The highest BCUT2D eigenvalue weighted by atomic mass is 32.1. The molecule has 0 aliphatic rings. The predicted molar refractivity (Wildman–Crippen MR) is 97.8 cm³/mol. The molecule has 6 heteroatoms. The Bertz CT molecular complexity index is 941. The zero-order chi connectivity index (χ0) is 17.3. The third-order valence-corrected chi connectivity index (χ3v) is 5.18. The first-order valence-corrected chi connectivity index (χ1v) is 8.68. The molecule has 0 aliphatic heterocycles. The zero-order valence-corrected chi connectivity index (χ0v) is 14.7. The van der Waals surface area contributed by atoms with E-state index in [4.69, 9.17) is 0 Å². The van der Waals surface area contributed by atoms with Gasteiger partial charge in [-0.3, -0.25) is 14.2 Å². The maximum atomic E-state index is 12.7. The van der Waals surface area contributed by atoms with E-state index in [0.717, 1.165) is 21.7 Å². The van der Waals surface area contributed by atoms with E-state index in [1.165, 1.54) is 22.2 Å². The SMILES string of the molecule is CCc1cc2c(=O)n(C(C)C(=O)Nc3ccc(C)cc3)cnc2s1. The molecule has 0 bridgehead atoms. The monoisotopic (exact) mass is 341 g/mol. The number of aromatic nitrogens is 2. The number of carbonyl (C=O) groups excluding carboxylic acids is 1. The van der Waals surface area contributed by atoms with Crippen molar-refractivity contribution in [1.82, 2.24) is 9.55 Å². The largest absolute Gasteiger partial charge is 0.324 e. The van der Waals surface area contributed by atoms with Crippen molar-refractivity contribution in [1.29, 1.82) is 0 Å². The van der Waals surface area contributed by atoms with Gasteiger partial charge in [0.25, 0.3) is 5.56 Å². The van der Waals surface area contributed by atoms with E-state index in [0.29, 0.717) is 11.1 Å². The standard InChI is InChI=1S/C18H19N3O2S/c1-4-14-9-15-17(24-14)19-10-21(18(15)23)12(3)16(22)20-13-7-5-11(2)6-8-13/h5-10,12H,4H2,1-3H3,(H,20,22). The Morgan fingerprint density at radius 3 is 2.71 bits per heavy atom. The Labute approximate surface area is 144 Å². The zero-order valence-electron chi connectivity index (χ0n) is 13.9. The number of carbonyl (C=O) groups is 1. The fourth-order valence-electron chi connectivity index (χ4n) is 2.45. The summed E-state index contributed by atoms with van der Waals surface area (Å²) in [7, 11) is 0. The van der Waals surface area contributed by atoms with Gasteiger partial charge < -0.3 is 5.32 Å². The number of fused-ring (bicyclic) bond motifs is 1. The van der Waals surface area contributed by atoms with Crippen molar-refractivity contribution in [3.63, 3.8) is 0 Å². The number of rotatable bonds is 4. The van der Waals surface area contributed by atoms with Crippen molar-refractivity contribution in [2.45, 2.75) is 33.2 Å². The molecule has 24 heavy (non-hydrogen) atoms. The smallest absolute Gasteiger partial charge is 0.262 e. The lowest BCUT2D eigenvalue weighted by Crippen LogP contribution is -2.31. The van der Waals surface area contributed by atoms with Gasteiger partial charge in [0.15, 0.2) is 0 Å². The highest BCUT2D eigenvalue weighted by Gasteiger charge is 2.18. The number of aryl methyl sites for hydroxylation is 2. The van der Waals surface area contributed by atoms with Gasteiger partial charge in [0, 0.05) is 10.6 Å². The molecule has 0 fully saturated rings. The highest BCUT2D eigenvalue weighted by molar-refractivity contribution is 7.18. The Hall–Kier alpha value is -2.47. The summed E-state index contributed by atoms with van der Waals surface area (Å²) < 4.78 is 1.39. The van der Waals surface area contributed by atoms with Gasteiger partial charge in [0.2, 0.25) is 5.91 Å². The Kier molecular flexibility index (Phi) is 4.49. The fraction of sp³-hybridized carbons (Fsp3) is 0.278. The lowest BCUT2D eigenvalue weighted by Gasteiger charge is -2.14. The number of hydrogen-bond donors (Lipinski definition) is 1. The predicted octanol–water partition coefficient (Wildman–Crippen LogP) is 3.53. The van der Waals surface area contributed by atoms with Crippen molar-refractivity contribution in [3.05, 3.63) is 57.5 Å². The van der Waals surface area contributed by atoms with Gasteiger partial charge >= 0.3 is 0 Å². The van der Waals surface area contributed by atoms with Crippen LogP contribution in [0.1, 0.15) is 30.3 Å². The van der Waals surface area contributed by atoms with Crippen LogP contribution in [-0.2, 0) is 11.2 Å². The number of amides is 1. The molecule has 1 unspecified atom stereocenters. The summed E-state index contributed by atoms with van der Waals surface area (Å²) in [6, 6.07) is 8.78. The molecule has 3 aromatic rings. The third kappa shape index (κ3) is 3.10. The molecule has 0 aliphatic carbocycles. The first kappa shape index (κ1) is 16.4. The van der Waals surface area contributed by atoms with Crippen LogP contribution in [-0.4, -0.2) is 15.5 Å². The van der Waals surface area contributed by atoms with Crippen LogP contribution in [0.25, 0.3) is 10.2 Å². The molecule has 0 radical (unpaired) electrons. The second-order valence-corrected chi connectivity index (χ2v) is 6.89. The van der Waals surface area contributed by atoms with E-state index in [-0.39, 0.29) is 11.5 Å². The highest BCUT2D eigenvalue weighted by Crippen LogP contribution is 2.22. The number of thiophene rings is 1. The van der Waals surface area contributed by atoms with Crippen LogP contribution in [0, 0.1) is 6.92 Å². The molecule has 1 N–H and O–H groups in total. The number of nitrogens with zero attached hydrogens (tertiary/aromatic N) is 2. The number of nitrogens with one attached hydrogen (secondary N) is 1. The number of hydrogen-bond acceptors (Lipinski definition) is 4. The number of anilines is 1. The van der Waals surface area contributed by atoms with Crippen LogP contribution < -0.4 is 10.9 Å². The van der Waals surface area contributed by atoms with E-state index in [9.17, 15) is 9.59 Å². The van der Waals surface area contributed by atoms with Crippen LogP contribution in [0.2, 0.25) is 0 Å². The summed E-state index contributed by atoms with van der Waals surface area (Å²) in [5, 5.41) is 3.41. The summed E-state index contributed by atoms with van der Waals surface area (Å²) >= 11 is 1.52. The normalized spacial score (nSPS) is 12.3. The van der Waals surface area contributed by atoms with Crippen molar-refractivity contribution >= 4 is 33.1 Å². The average molecular weight is 341 g/mol. The first-order chi connectivity index (χ1) is 11.5. The second-order valence-electron chi connectivity index (χ2n) is 5.77. The Morgan fingerprint density at radius 1 is 1.33 bits per heavy atom. The Balaban J connectivity index is 1.88. The van der Waals surface area contributed by atoms with Gasteiger partial charge in [-0.2, -0.15) is 0 Å². The van der Waals surface area contributed by atoms with Crippen molar-refractivity contribution in [3.8, 4) is 0 Å². The van der Waals surface area contributed by atoms with Crippen LogP contribution in [0.15, 0.2) is 41.5 Å². The molecule has 2 heterocycles. The average Bonchev–Trinajstić information content (AvgIpc) is 3.01. The van der Waals surface area contributed by atoms with E-state index >= 15 is 0 Å². The van der Waals surface area contributed by atoms with Crippen LogP contribution >= 0.6 is 11.3 Å². The maximum Gasteiger partial charge on any atom is 0.262 e. The van der Waals surface area contributed by atoms with Gasteiger partial charge in [-0.05, 0) is 38.5 Å². The topological polar surface area (TPSA) is 64.0 Å². The molecule has 5 nitrogen and oxygen atoms in total. The van der Waals surface area contributed by atoms with E-state index in [2.05, 4.69) is 10.3 Å². The molecular formula is C18H19N3O2S. The quantitative estimate of drug-likeness (QED) is 0.789. The van der Waals surface area contributed by atoms with Gasteiger partial charge in [-0.1, -0.05) is 24.6 Å². The van der Waals surface area contributed by atoms with Crippen molar-refractivity contribution in [2.24, 2.45) is 0 Å². The maximum absolute atomic E-state index is 12.7. The minimum atomic E-state index is -0.638. The van der Waals surface area contributed by atoms with Crippen LogP contribution in [0.4, 0.5) is 5.69 Å². The Morgan fingerprint density at radius 2 is 2.04 bits per heavy atom. The fourth-order valence-corrected chi connectivity index (χ4v) is 3.37. The summed E-state index contributed by atoms with van der Waals surface area (Å²) in [5.74, 6) is -0.243. The van der Waals surface area contributed by atoms with Crippen LogP contribution in [0.5, 0.6) is 0 Å². The molecule has 124 valence electrons. The number of benzene rings is 1. The summed E-state index contributed by atoms with van der Waals surface area (Å²) in [6.45, 7) is 5.73. The molecule has 1 amide bonds. The van der Waals surface area contributed by atoms with Crippen molar-refractivity contribution < 1.29 is 4.79 Å². The van der Waals surface area contributed by atoms with Gasteiger partial charge in [0.05, 0.1) is 11.7 Å². The molecule has 0 spiro atoms.